The number of carbonyl (C=O) groups excluding carboxylic acids is 1. The SMILES string of the molecule is CCc1ccc2nc(NC(=O)c3n[nH]c(=O)c4ccccc34)sc2c1. The predicted molar refractivity (Wildman–Crippen MR) is 99.3 cm³/mol. The molecule has 6 nitrogen and oxygen atoms in total. The van der Waals surface area contributed by atoms with Gasteiger partial charge in [-0.25, -0.2) is 10.1 Å². The lowest BCUT2D eigenvalue weighted by Crippen LogP contribution is -2.19. The first-order chi connectivity index (χ1) is 12.2. The van der Waals surface area contributed by atoms with Gasteiger partial charge < -0.3 is 0 Å². The number of hydrogen-bond donors (Lipinski definition) is 2. The van der Waals surface area contributed by atoms with Crippen LogP contribution in [0, 0.1) is 0 Å². The molecular weight excluding hydrogens is 336 g/mol. The Balaban J connectivity index is 1.71. The van der Waals surface area contributed by atoms with Gasteiger partial charge in [0.15, 0.2) is 10.8 Å². The number of aromatic amines is 1. The number of carbonyl (C=O) groups is 1. The van der Waals surface area contributed by atoms with Gasteiger partial charge in [0, 0.05) is 5.39 Å². The Kier molecular flexibility index (Phi) is 3.77. The summed E-state index contributed by atoms with van der Waals surface area (Å²) in [7, 11) is 0. The third-order valence-electron chi connectivity index (χ3n) is 3.99. The Labute approximate surface area is 146 Å². The van der Waals surface area contributed by atoms with Crippen LogP contribution in [-0.2, 0) is 6.42 Å². The van der Waals surface area contributed by atoms with E-state index in [9.17, 15) is 9.59 Å². The second kappa shape index (κ2) is 6.10. The number of anilines is 1. The summed E-state index contributed by atoms with van der Waals surface area (Å²) in [5, 5.41) is 10.5. The molecule has 2 aromatic heterocycles. The van der Waals surface area contributed by atoms with Gasteiger partial charge in [0.25, 0.3) is 11.5 Å². The van der Waals surface area contributed by atoms with Crippen LogP contribution in [0.15, 0.2) is 47.3 Å². The minimum atomic E-state index is -0.401. The van der Waals surface area contributed by atoms with Crippen molar-refractivity contribution in [2.45, 2.75) is 13.3 Å². The van der Waals surface area contributed by atoms with E-state index in [2.05, 4.69) is 33.5 Å². The molecule has 2 heterocycles. The summed E-state index contributed by atoms with van der Waals surface area (Å²) < 4.78 is 1.02. The van der Waals surface area contributed by atoms with E-state index in [1.54, 1.807) is 24.3 Å². The van der Waals surface area contributed by atoms with Crippen molar-refractivity contribution in [2.75, 3.05) is 5.32 Å². The highest BCUT2D eigenvalue weighted by Gasteiger charge is 2.16. The van der Waals surface area contributed by atoms with Crippen molar-refractivity contribution in [3.63, 3.8) is 0 Å². The van der Waals surface area contributed by atoms with Gasteiger partial charge in [0.1, 0.15) is 0 Å². The summed E-state index contributed by atoms with van der Waals surface area (Å²) in [6, 6.07) is 13.0. The molecule has 4 rings (SSSR count). The molecule has 0 aliphatic carbocycles. The summed E-state index contributed by atoms with van der Waals surface area (Å²) >= 11 is 1.42. The summed E-state index contributed by atoms with van der Waals surface area (Å²) in [5.41, 5.74) is 1.92. The molecular formula is C18H14N4O2S. The number of benzene rings is 2. The summed E-state index contributed by atoms with van der Waals surface area (Å²) in [6.07, 6.45) is 0.947. The van der Waals surface area contributed by atoms with Gasteiger partial charge in [-0.1, -0.05) is 42.5 Å². The van der Waals surface area contributed by atoms with Crippen LogP contribution in [0.1, 0.15) is 23.0 Å². The highest BCUT2D eigenvalue weighted by molar-refractivity contribution is 7.22. The van der Waals surface area contributed by atoms with E-state index < -0.39 is 5.91 Å². The first kappa shape index (κ1) is 15.5. The molecule has 0 radical (unpaired) electrons. The minimum absolute atomic E-state index is 0.170. The highest BCUT2D eigenvalue weighted by atomic mass is 32.1. The van der Waals surface area contributed by atoms with E-state index >= 15 is 0 Å². The molecule has 0 bridgehead atoms. The molecule has 0 aliphatic heterocycles. The zero-order valence-corrected chi connectivity index (χ0v) is 14.2. The van der Waals surface area contributed by atoms with Gasteiger partial charge in [0.2, 0.25) is 0 Å². The summed E-state index contributed by atoms with van der Waals surface area (Å²) in [6.45, 7) is 2.10. The fraction of sp³-hybridized carbons (Fsp3) is 0.111. The Morgan fingerprint density at radius 3 is 2.80 bits per heavy atom. The Morgan fingerprint density at radius 2 is 2.00 bits per heavy atom. The molecule has 0 saturated carbocycles. The second-order valence-corrected chi connectivity index (χ2v) is 6.61. The fourth-order valence-electron chi connectivity index (χ4n) is 2.69. The maximum atomic E-state index is 12.6. The molecule has 4 aromatic rings. The first-order valence-electron chi connectivity index (χ1n) is 7.84. The minimum Gasteiger partial charge on any atom is -0.296 e. The molecule has 0 saturated heterocycles. The van der Waals surface area contributed by atoms with Crippen LogP contribution < -0.4 is 10.9 Å². The number of aryl methyl sites for hydroxylation is 1. The van der Waals surface area contributed by atoms with Gasteiger partial charge in [-0.05, 0) is 30.2 Å². The maximum absolute atomic E-state index is 12.6. The highest BCUT2D eigenvalue weighted by Crippen LogP contribution is 2.27. The van der Waals surface area contributed by atoms with Gasteiger partial charge in [0.05, 0.1) is 15.6 Å². The van der Waals surface area contributed by atoms with E-state index in [1.807, 2.05) is 12.1 Å². The van der Waals surface area contributed by atoms with Crippen molar-refractivity contribution in [3.8, 4) is 0 Å². The van der Waals surface area contributed by atoms with Crippen molar-refractivity contribution >= 4 is 43.4 Å². The van der Waals surface area contributed by atoms with Crippen molar-refractivity contribution in [1.29, 1.82) is 0 Å². The zero-order valence-electron chi connectivity index (χ0n) is 13.4. The van der Waals surface area contributed by atoms with Crippen LogP contribution in [0.5, 0.6) is 0 Å². The number of aromatic nitrogens is 3. The number of nitrogens with one attached hydrogen (secondary N) is 2. The molecule has 0 atom stereocenters. The average Bonchev–Trinajstić information content (AvgIpc) is 3.03. The van der Waals surface area contributed by atoms with Crippen molar-refractivity contribution in [1.82, 2.24) is 15.2 Å². The van der Waals surface area contributed by atoms with Crippen LogP contribution in [0.3, 0.4) is 0 Å². The predicted octanol–water partition coefficient (Wildman–Crippen LogP) is 3.35. The van der Waals surface area contributed by atoms with E-state index in [1.165, 1.54) is 16.9 Å². The quantitative estimate of drug-likeness (QED) is 0.593. The number of H-pyrrole nitrogens is 1. The smallest absolute Gasteiger partial charge is 0.278 e. The molecule has 0 aliphatic rings. The second-order valence-electron chi connectivity index (χ2n) is 5.58. The van der Waals surface area contributed by atoms with Gasteiger partial charge >= 0.3 is 0 Å². The first-order valence-corrected chi connectivity index (χ1v) is 8.65. The zero-order chi connectivity index (χ0) is 17.4. The van der Waals surface area contributed by atoms with Crippen LogP contribution in [0.2, 0.25) is 0 Å². The number of nitrogens with zero attached hydrogens (tertiary/aromatic N) is 2. The molecule has 7 heteroatoms. The van der Waals surface area contributed by atoms with Crippen LogP contribution in [-0.4, -0.2) is 21.1 Å². The van der Waals surface area contributed by atoms with Crippen LogP contribution in [0.4, 0.5) is 5.13 Å². The van der Waals surface area contributed by atoms with Crippen molar-refractivity contribution in [2.24, 2.45) is 0 Å². The number of thiazole rings is 1. The lowest BCUT2D eigenvalue weighted by molar-refractivity contribution is 0.102. The van der Waals surface area contributed by atoms with Crippen LogP contribution in [0.25, 0.3) is 21.0 Å². The third-order valence-corrected chi connectivity index (χ3v) is 4.93. The van der Waals surface area contributed by atoms with E-state index in [0.717, 1.165) is 16.6 Å². The normalized spacial score (nSPS) is 11.1. The lowest BCUT2D eigenvalue weighted by atomic mass is 10.1. The Hall–Kier alpha value is -3.06. The Morgan fingerprint density at radius 1 is 1.20 bits per heavy atom. The molecule has 0 spiro atoms. The number of fused-ring (bicyclic) bond motifs is 2. The van der Waals surface area contributed by atoms with Crippen molar-refractivity contribution < 1.29 is 4.79 Å². The monoisotopic (exact) mass is 350 g/mol. The lowest BCUT2D eigenvalue weighted by Gasteiger charge is -2.04. The molecule has 1 amide bonds. The van der Waals surface area contributed by atoms with Gasteiger partial charge in [-0.3, -0.25) is 14.9 Å². The molecule has 2 N–H and O–H groups in total. The molecule has 2 aromatic carbocycles. The standard InChI is InChI=1S/C18H14N4O2S/c1-2-10-7-8-13-14(9-10)25-18(19-13)20-17(24)15-11-5-3-4-6-12(11)16(23)22-21-15/h3-9H,2H2,1H3,(H,22,23)(H,19,20,24). The molecule has 124 valence electrons. The van der Waals surface area contributed by atoms with Gasteiger partial charge in [-0.15, -0.1) is 0 Å². The summed E-state index contributed by atoms with van der Waals surface area (Å²) in [5.74, 6) is -0.401. The average molecular weight is 350 g/mol. The van der Waals surface area contributed by atoms with E-state index in [0.29, 0.717) is 15.9 Å². The van der Waals surface area contributed by atoms with Gasteiger partial charge in [-0.2, -0.15) is 5.10 Å². The third kappa shape index (κ3) is 2.78. The molecule has 0 unspecified atom stereocenters. The molecule has 0 fully saturated rings. The topological polar surface area (TPSA) is 87.7 Å². The molecule has 25 heavy (non-hydrogen) atoms. The maximum Gasteiger partial charge on any atom is 0.278 e. The van der Waals surface area contributed by atoms with E-state index in [4.69, 9.17) is 0 Å². The largest absolute Gasteiger partial charge is 0.296 e. The fourth-order valence-corrected chi connectivity index (χ4v) is 3.61. The number of rotatable bonds is 3. The summed E-state index contributed by atoms with van der Waals surface area (Å²) in [4.78, 5) is 28.9. The van der Waals surface area contributed by atoms with Crippen molar-refractivity contribution in [3.05, 3.63) is 64.1 Å². The van der Waals surface area contributed by atoms with E-state index in [-0.39, 0.29) is 11.3 Å². The van der Waals surface area contributed by atoms with Crippen LogP contribution >= 0.6 is 11.3 Å². The number of hydrogen-bond acceptors (Lipinski definition) is 5. The number of amides is 1. The Bertz CT molecular complexity index is 1160.